The van der Waals surface area contributed by atoms with E-state index in [1.54, 1.807) is 27.5 Å². The van der Waals surface area contributed by atoms with Crippen LogP contribution in [-0.4, -0.2) is 29.5 Å². The molecular formula is C21H17ClN6O2. The monoisotopic (exact) mass is 420 g/mol. The molecule has 2 aromatic heterocycles. The second kappa shape index (κ2) is 8.71. The summed E-state index contributed by atoms with van der Waals surface area (Å²) in [6.45, 7) is 0.743. The number of hydrogen-bond donors (Lipinski definition) is 0. The van der Waals surface area contributed by atoms with E-state index in [0.717, 1.165) is 16.8 Å². The summed E-state index contributed by atoms with van der Waals surface area (Å²) in [5, 5.41) is 20.4. The maximum Gasteiger partial charge on any atom is 0.343 e. The lowest BCUT2D eigenvalue weighted by Crippen LogP contribution is -2.11. The van der Waals surface area contributed by atoms with E-state index in [0.29, 0.717) is 23.9 Å². The van der Waals surface area contributed by atoms with Gasteiger partial charge in [-0.2, -0.15) is 0 Å². The summed E-state index contributed by atoms with van der Waals surface area (Å²) in [5.74, 6) is 0.411. The average molecular weight is 421 g/mol. The van der Waals surface area contributed by atoms with E-state index in [-0.39, 0.29) is 5.82 Å². The molecule has 0 aliphatic heterocycles. The number of hydrogen-bond acceptors (Lipinski definition) is 5. The van der Waals surface area contributed by atoms with Crippen LogP contribution >= 0.6 is 11.6 Å². The van der Waals surface area contributed by atoms with E-state index in [4.69, 9.17) is 11.6 Å². The van der Waals surface area contributed by atoms with Crippen molar-refractivity contribution in [2.45, 2.75) is 13.1 Å². The zero-order chi connectivity index (χ0) is 20.9. The molecule has 0 saturated carbocycles. The highest BCUT2D eigenvalue weighted by Gasteiger charge is 2.18. The van der Waals surface area contributed by atoms with Crippen molar-refractivity contribution in [1.29, 1.82) is 0 Å². The molecular weight excluding hydrogens is 404 g/mol. The number of benzene rings is 2. The van der Waals surface area contributed by atoms with Gasteiger partial charge in [0.05, 0.1) is 12.7 Å². The molecule has 8 nitrogen and oxygen atoms in total. The molecule has 0 N–H and O–H groups in total. The quantitative estimate of drug-likeness (QED) is 0.322. The van der Waals surface area contributed by atoms with Gasteiger partial charge in [-0.1, -0.05) is 59.3 Å². The van der Waals surface area contributed by atoms with Gasteiger partial charge in [-0.05, 0) is 28.7 Å². The lowest BCUT2D eigenvalue weighted by Gasteiger charge is -2.03. The molecule has 2 aromatic carbocycles. The molecule has 0 fully saturated rings. The summed E-state index contributed by atoms with van der Waals surface area (Å²) in [6.07, 6.45) is 6.66. The third-order valence-electron chi connectivity index (χ3n) is 4.51. The van der Waals surface area contributed by atoms with E-state index >= 15 is 0 Å². The number of aromatic nitrogens is 5. The van der Waals surface area contributed by atoms with Crippen LogP contribution in [0.3, 0.4) is 0 Å². The highest BCUT2D eigenvalue weighted by molar-refractivity contribution is 6.30. The van der Waals surface area contributed by atoms with Crippen molar-refractivity contribution in [2.75, 3.05) is 0 Å². The number of nitro groups is 1. The molecule has 0 atom stereocenters. The topological polar surface area (TPSA) is 91.7 Å². The van der Waals surface area contributed by atoms with Gasteiger partial charge in [-0.3, -0.25) is 0 Å². The second-order valence-electron chi connectivity index (χ2n) is 6.50. The van der Waals surface area contributed by atoms with Crippen molar-refractivity contribution in [3.8, 4) is 11.3 Å². The van der Waals surface area contributed by atoms with Crippen LogP contribution < -0.4 is 0 Å². The van der Waals surface area contributed by atoms with Gasteiger partial charge in [-0.15, -0.1) is 5.10 Å². The van der Waals surface area contributed by atoms with Crippen molar-refractivity contribution < 1.29 is 4.92 Å². The van der Waals surface area contributed by atoms with E-state index in [9.17, 15) is 10.1 Å². The van der Waals surface area contributed by atoms with Crippen LogP contribution in [0.25, 0.3) is 23.4 Å². The van der Waals surface area contributed by atoms with E-state index in [2.05, 4.69) is 15.3 Å². The molecule has 30 heavy (non-hydrogen) atoms. The van der Waals surface area contributed by atoms with E-state index in [1.807, 2.05) is 54.7 Å². The summed E-state index contributed by atoms with van der Waals surface area (Å²) < 4.78 is 3.22. The Balaban J connectivity index is 1.53. The fraction of sp³-hybridized carbons (Fsp3) is 0.0952. The van der Waals surface area contributed by atoms with Crippen molar-refractivity contribution in [1.82, 2.24) is 24.5 Å². The minimum Gasteiger partial charge on any atom is -0.358 e. The first-order valence-corrected chi connectivity index (χ1v) is 9.57. The lowest BCUT2D eigenvalue weighted by atomic mass is 10.2. The van der Waals surface area contributed by atoms with Crippen molar-refractivity contribution in [3.05, 3.63) is 93.5 Å². The Morgan fingerprint density at radius 3 is 2.53 bits per heavy atom. The Hall–Kier alpha value is -3.78. The SMILES string of the molecule is O=[N+]([O-])c1cnc(/C=C/c2ccc(Cl)cc2)n1CCn1cc(-c2ccccc2)nn1. The van der Waals surface area contributed by atoms with Gasteiger partial charge >= 0.3 is 5.82 Å². The van der Waals surface area contributed by atoms with Gasteiger partial charge < -0.3 is 10.1 Å². The molecule has 0 amide bonds. The van der Waals surface area contributed by atoms with Crippen LogP contribution in [0, 0.1) is 10.1 Å². The second-order valence-corrected chi connectivity index (χ2v) is 6.94. The average Bonchev–Trinajstić information content (AvgIpc) is 3.39. The number of imidazole rings is 1. The highest BCUT2D eigenvalue weighted by Crippen LogP contribution is 2.19. The lowest BCUT2D eigenvalue weighted by molar-refractivity contribution is -0.392. The first-order chi connectivity index (χ1) is 14.6. The Bertz CT molecular complexity index is 1180. The Kier molecular flexibility index (Phi) is 5.67. The van der Waals surface area contributed by atoms with Gasteiger partial charge in [0.25, 0.3) is 0 Å². The maximum atomic E-state index is 11.4. The number of nitrogens with zero attached hydrogens (tertiary/aromatic N) is 6. The standard InChI is InChI=1S/C21H17ClN6O2/c22-18-9-6-16(7-10-18)8-11-20-23-14-21(28(29)30)27(20)13-12-26-15-19(24-25-26)17-4-2-1-3-5-17/h1-11,14-15H,12-13H2/b11-8+. The van der Waals surface area contributed by atoms with Crippen LogP contribution in [-0.2, 0) is 13.1 Å². The maximum absolute atomic E-state index is 11.4. The molecule has 0 bridgehead atoms. The van der Waals surface area contributed by atoms with Gasteiger partial charge in [0, 0.05) is 16.7 Å². The van der Waals surface area contributed by atoms with Gasteiger partial charge in [0.2, 0.25) is 5.82 Å². The molecule has 150 valence electrons. The Morgan fingerprint density at radius 1 is 1.03 bits per heavy atom. The molecule has 0 saturated heterocycles. The Labute approximate surface area is 177 Å². The molecule has 0 aliphatic carbocycles. The zero-order valence-electron chi connectivity index (χ0n) is 15.8. The van der Waals surface area contributed by atoms with Crippen LogP contribution in [0.2, 0.25) is 5.02 Å². The molecule has 0 radical (unpaired) electrons. The molecule has 0 spiro atoms. The fourth-order valence-electron chi connectivity index (χ4n) is 2.98. The molecule has 4 aromatic rings. The third kappa shape index (κ3) is 4.44. The largest absolute Gasteiger partial charge is 0.358 e. The van der Waals surface area contributed by atoms with Crippen LogP contribution in [0.4, 0.5) is 5.82 Å². The minimum atomic E-state index is -0.441. The predicted octanol–water partition coefficient (Wildman–Crippen LogP) is 4.57. The summed E-state index contributed by atoms with van der Waals surface area (Å²) >= 11 is 5.90. The normalized spacial score (nSPS) is 11.2. The van der Waals surface area contributed by atoms with Crippen molar-refractivity contribution in [2.24, 2.45) is 0 Å². The highest BCUT2D eigenvalue weighted by atomic mass is 35.5. The summed E-state index contributed by atoms with van der Waals surface area (Å²) in [4.78, 5) is 15.2. The van der Waals surface area contributed by atoms with E-state index in [1.165, 1.54) is 6.20 Å². The third-order valence-corrected chi connectivity index (χ3v) is 4.76. The molecule has 0 unspecified atom stereocenters. The minimum absolute atomic E-state index is 0.0749. The number of halogens is 1. The summed E-state index contributed by atoms with van der Waals surface area (Å²) in [6, 6.07) is 17.0. The zero-order valence-corrected chi connectivity index (χ0v) is 16.6. The number of rotatable bonds is 7. The molecule has 0 aliphatic rings. The fourth-order valence-corrected chi connectivity index (χ4v) is 3.11. The molecule has 9 heteroatoms. The van der Waals surface area contributed by atoms with Gasteiger partial charge in [0.15, 0.2) is 0 Å². The van der Waals surface area contributed by atoms with Crippen LogP contribution in [0.1, 0.15) is 11.4 Å². The van der Waals surface area contributed by atoms with Crippen molar-refractivity contribution in [3.63, 3.8) is 0 Å². The predicted molar refractivity (Wildman–Crippen MR) is 115 cm³/mol. The first-order valence-electron chi connectivity index (χ1n) is 9.19. The summed E-state index contributed by atoms with van der Waals surface area (Å²) in [5.41, 5.74) is 2.63. The van der Waals surface area contributed by atoms with Crippen LogP contribution in [0.15, 0.2) is 67.0 Å². The van der Waals surface area contributed by atoms with Gasteiger partial charge in [-0.25, -0.2) is 14.2 Å². The molecule has 4 rings (SSSR count). The van der Waals surface area contributed by atoms with Gasteiger partial charge in [0.1, 0.15) is 18.4 Å². The Morgan fingerprint density at radius 2 is 1.80 bits per heavy atom. The molecule has 2 heterocycles. The van der Waals surface area contributed by atoms with E-state index < -0.39 is 4.92 Å². The summed E-state index contributed by atoms with van der Waals surface area (Å²) in [7, 11) is 0. The smallest absolute Gasteiger partial charge is 0.343 e. The van der Waals surface area contributed by atoms with Crippen LogP contribution in [0.5, 0.6) is 0 Å². The first kappa shape index (κ1) is 19.5. The van der Waals surface area contributed by atoms with Crippen molar-refractivity contribution >= 4 is 29.6 Å². The number of aryl methyl sites for hydroxylation is 1.